The number of hydrogen-bond acceptors (Lipinski definition) is 5. The zero-order chi connectivity index (χ0) is 23.3. The fourth-order valence-corrected chi connectivity index (χ4v) is 5.10. The molecule has 32 heavy (non-hydrogen) atoms. The van der Waals surface area contributed by atoms with Crippen LogP contribution in [-0.2, 0) is 19.6 Å². The quantitative estimate of drug-likeness (QED) is 0.444. The normalized spacial score (nSPS) is 13.2. The van der Waals surface area contributed by atoms with Gasteiger partial charge in [-0.1, -0.05) is 29.8 Å². The highest BCUT2D eigenvalue weighted by atomic mass is 35.5. The van der Waals surface area contributed by atoms with E-state index in [2.05, 4.69) is 15.4 Å². The van der Waals surface area contributed by atoms with Crippen molar-refractivity contribution >= 4 is 50.5 Å². The second kappa shape index (κ2) is 10.3. The second-order valence-corrected chi connectivity index (χ2v) is 10.2. The molecular formula is C22H22ClN3O4S2. The minimum atomic E-state index is -3.95. The second-order valence-electron chi connectivity index (χ2n) is 7.06. The molecule has 1 unspecified atom stereocenters. The lowest BCUT2D eigenvalue weighted by atomic mass is 10.0. The molecule has 2 atom stereocenters. The van der Waals surface area contributed by atoms with E-state index in [0.717, 1.165) is 10.4 Å². The fourth-order valence-electron chi connectivity index (χ4n) is 2.97. The smallest absolute Gasteiger partial charge is 0.241 e. The van der Waals surface area contributed by atoms with Crippen LogP contribution in [0.1, 0.15) is 30.3 Å². The lowest BCUT2D eigenvalue weighted by Gasteiger charge is -2.21. The van der Waals surface area contributed by atoms with Crippen molar-refractivity contribution in [2.24, 2.45) is 0 Å². The molecule has 0 spiro atoms. The number of amides is 2. The maximum atomic E-state index is 12.9. The first-order chi connectivity index (χ1) is 15.2. The van der Waals surface area contributed by atoms with Gasteiger partial charge in [0.2, 0.25) is 21.8 Å². The van der Waals surface area contributed by atoms with Gasteiger partial charge in [0.1, 0.15) is 0 Å². The highest BCUT2D eigenvalue weighted by Crippen LogP contribution is 2.27. The summed E-state index contributed by atoms with van der Waals surface area (Å²) < 4.78 is 27.8. The van der Waals surface area contributed by atoms with Gasteiger partial charge in [0.25, 0.3) is 0 Å². The molecular weight excluding hydrogens is 470 g/mol. The molecule has 3 aromatic rings. The molecule has 0 aliphatic carbocycles. The van der Waals surface area contributed by atoms with E-state index in [4.69, 9.17) is 11.6 Å². The average molecular weight is 492 g/mol. The molecule has 0 bridgehead atoms. The number of sulfonamides is 1. The summed E-state index contributed by atoms with van der Waals surface area (Å²) in [7, 11) is -3.95. The molecule has 1 aromatic heterocycles. The van der Waals surface area contributed by atoms with E-state index in [0.29, 0.717) is 10.7 Å². The lowest BCUT2D eigenvalue weighted by molar-refractivity contribution is -0.122. The third kappa shape index (κ3) is 6.17. The Kier molecular flexibility index (Phi) is 7.68. The van der Waals surface area contributed by atoms with E-state index in [-0.39, 0.29) is 10.8 Å². The molecule has 3 rings (SSSR count). The molecule has 0 aliphatic rings. The first-order valence-corrected chi connectivity index (χ1v) is 12.4. The van der Waals surface area contributed by atoms with Crippen LogP contribution in [0.25, 0.3) is 0 Å². The Labute approximate surface area is 195 Å². The number of anilines is 1. The standard InChI is InChI=1S/C22H22ClN3O4S2/c1-14(26-32(29,30)19-11-9-18(10-12-19)24-15(2)27)22(28)25-21(20-4-3-13-31-20)16-5-7-17(23)8-6-16/h3-14,21,26H,1-2H3,(H,24,27)(H,25,28)/t14-,21?/m0/s1. The van der Waals surface area contributed by atoms with Crippen molar-refractivity contribution in [2.45, 2.75) is 30.8 Å². The van der Waals surface area contributed by atoms with Gasteiger partial charge in [-0.15, -0.1) is 11.3 Å². The summed E-state index contributed by atoms with van der Waals surface area (Å²) in [6.45, 7) is 2.84. The van der Waals surface area contributed by atoms with Crippen molar-refractivity contribution < 1.29 is 18.0 Å². The topological polar surface area (TPSA) is 104 Å². The maximum Gasteiger partial charge on any atom is 0.241 e. The minimum absolute atomic E-state index is 0.0150. The van der Waals surface area contributed by atoms with Gasteiger partial charge in [-0.3, -0.25) is 9.59 Å². The molecule has 0 aliphatic heterocycles. The highest BCUT2D eigenvalue weighted by molar-refractivity contribution is 7.89. The SMILES string of the molecule is CC(=O)Nc1ccc(S(=O)(=O)N[C@@H](C)C(=O)NC(c2ccc(Cl)cc2)c2cccs2)cc1. The molecule has 0 radical (unpaired) electrons. The molecule has 2 aromatic carbocycles. The summed E-state index contributed by atoms with van der Waals surface area (Å²) in [4.78, 5) is 24.9. The van der Waals surface area contributed by atoms with E-state index in [1.54, 1.807) is 12.1 Å². The Morgan fingerprint density at radius 1 is 1.00 bits per heavy atom. The fraction of sp³-hybridized carbons (Fsp3) is 0.182. The van der Waals surface area contributed by atoms with E-state index in [1.165, 1.54) is 49.4 Å². The van der Waals surface area contributed by atoms with Gasteiger partial charge in [-0.05, 0) is 60.3 Å². The number of carbonyl (C=O) groups is 2. The largest absolute Gasteiger partial charge is 0.343 e. The van der Waals surface area contributed by atoms with Crippen molar-refractivity contribution in [1.29, 1.82) is 0 Å². The summed E-state index contributed by atoms with van der Waals surface area (Å²) in [6, 6.07) is 15.1. The number of hydrogen-bond donors (Lipinski definition) is 3. The van der Waals surface area contributed by atoms with Crippen LogP contribution in [0, 0.1) is 0 Å². The van der Waals surface area contributed by atoms with E-state index in [9.17, 15) is 18.0 Å². The Hall–Kier alpha value is -2.72. The van der Waals surface area contributed by atoms with Gasteiger partial charge in [0, 0.05) is 22.5 Å². The number of rotatable bonds is 8. The number of halogens is 1. The van der Waals surface area contributed by atoms with Gasteiger partial charge in [0.15, 0.2) is 0 Å². The van der Waals surface area contributed by atoms with Gasteiger partial charge in [-0.25, -0.2) is 8.42 Å². The predicted molar refractivity (Wildman–Crippen MR) is 126 cm³/mol. The Morgan fingerprint density at radius 3 is 2.22 bits per heavy atom. The molecule has 10 heteroatoms. The number of carbonyl (C=O) groups excluding carboxylic acids is 2. The number of thiophene rings is 1. The summed E-state index contributed by atoms with van der Waals surface area (Å²) >= 11 is 7.46. The number of benzene rings is 2. The molecule has 1 heterocycles. The van der Waals surface area contributed by atoms with E-state index in [1.807, 2.05) is 29.6 Å². The van der Waals surface area contributed by atoms with Gasteiger partial charge >= 0.3 is 0 Å². The third-order valence-corrected chi connectivity index (χ3v) is 7.27. The average Bonchev–Trinajstić information content (AvgIpc) is 3.27. The summed E-state index contributed by atoms with van der Waals surface area (Å²) in [5.74, 6) is -0.734. The third-order valence-electron chi connectivity index (χ3n) is 4.53. The molecule has 3 N–H and O–H groups in total. The first kappa shape index (κ1) is 23.9. The van der Waals surface area contributed by atoms with E-state index < -0.39 is 28.0 Å². The van der Waals surface area contributed by atoms with Crippen LogP contribution >= 0.6 is 22.9 Å². The Balaban J connectivity index is 1.73. The van der Waals surface area contributed by atoms with Crippen molar-refractivity contribution in [3.8, 4) is 0 Å². The van der Waals surface area contributed by atoms with Gasteiger partial charge in [-0.2, -0.15) is 4.72 Å². The van der Waals surface area contributed by atoms with Crippen molar-refractivity contribution in [1.82, 2.24) is 10.0 Å². The predicted octanol–water partition coefficient (Wildman–Crippen LogP) is 3.93. The van der Waals surface area contributed by atoms with Crippen LogP contribution in [-0.4, -0.2) is 26.3 Å². The van der Waals surface area contributed by atoms with Gasteiger partial charge in [0.05, 0.1) is 17.0 Å². The van der Waals surface area contributed by atoms with Crippen molar-refractivity contribution in [3.05, 3.63) is 81.5 Å². The highest BCUT2D eigenvalue weighted by Gasteiger charge is 2.25. The molecule has 7 nitrogen and oxygen atoms in total. The summed E-state index contributed by atoms with van der Waals surface area (Å²) in [5, 5.41) is 7.97. The molecule has 2 amide bonds. The van der Waals surface area contributed by atoms with Crippen LogP contribution in [0.2, 0.25) is 5.02 Å². The van der Waals surface area contributed by atoms with Crippen LogP contribution in [0.3, 0.4) is 0 Å². The van der Waals surface area contributed by atoms with E-state index >= 15 is 0 Å². The van der Waals surface area contributed by atoms with Crippen LogP contribution in [0.15, 0.2) is 70.9 Å². The molecule has 0 saturated carbocycles. The lowest BCUT2D eigenvalue weighted by Crippen LogP contribution is -2.45. The van der Waals surface area contributed by atoms with Crippen LogP contribution < -0.4 is 15.4 Å². The minimum Gasteiger partial charge on any atom is -0.343 e. The van der Waals surface area contributed by atoms with Crippen molar-refractivity contribution in [2.75, 3.05) is 5.32 Å². The Morgan fingerprint density at radius 2 is 1.66 bits per heavy atom. The monoisotopic (exact) mass is 491 g/mol. The number of nitrogens with one attached hydrogen (secondary N) is 3. The Bertz CT molecular complexity index is 1180. The maximum absolute atomic E-state index is 12.9. The zero-order valence-electron chi connectivity index (χ0n) is 17.3. The van der Waals surface area contributed by atoms with Crippen LogP contribution in [0.5, 0.6) is 0 Å². The van der Waals surface area contributed by atoms with Crippen molar-refractivity contribution in [3.63, 3.8) is 0 Å². The summed E-state index contributed by atoms with van der Waals surface area (Å²) in [5.41, 5.74) is 1.30. The zero-order valence-corrected chi connectivity index (χ0v) is 19.7. The molecule has 0 saturated heterocycles. The molecule has 168 valence electrons. The van der Waals surface area contributed by atoms with Crippen LogP contribution in [0.4, 0.5) is 5.69 Å². The summed E-state index contributed by atoms with van der Waals surface area (Å²) in [6.07, 6.45) is 0. The van der Waals surface area contributed by atoms with Gasteiger partial charge < -0.3 is 10.6 Å². The first-order valence-electron chi connectivity index (χ1n) is 9.65. The molecule has 0 fully saturated rings.